The van der Waals surface area contributed by atoms with Crippen molar-refractivity contribution in [3.63, 3.8) is 0 Å². The van der Waals surface area contributed by atoms with Gasteiger partial charge < -0.3 is 5.11 Å². The molecule has 24 heavy (non-hydrogen) atoms. The quantitative estimate of drug-likeness (QED) is 0.811. The van der Waals surface area contributed by atoms with Crippen molar-refractivity contribution >= 4 is 50.4 Å². The predicted octanol–water partition coefficient (Wildman–Crippen LogP) is 4.06. The Morgan fingerprint density at radius 1 is 1.25 bits per heavy atom. The zero-order valence-electron chi connectivity index (χ0n) is 13.2. The van der Waals surface area contributed by atoms with Gasteiger partial charge in [0.1, 0.15) is 5.25 Å². The van der Waals surface area contributed by atoms with Crippen molar-refractivity contribution in [3.8, 4) is 0 Å². The van der Waals surface area contributed by atoms with Gasteiger partial charge >= 0.3 is 5.97 Å². The summed E-state index contributed by atoms with van der Waals surface area (Å²) in [5.74, 6) is -1.16. The van der Waals surface area contributed by atoms with Crippen LogP contribution in [-0.4, -0.2) is 33.4 Å². The highest BCUT2D eigenvalue weighted by atomic mass is 79.9. The number of rotatable bonds is 4. The number of nitrogens with zero attached hydrogens (tertiary/aromatic N) is 2. The Morgan fingerprint density at radius 2 is 1.92 bits per heavy atom. The summed E-state index contributed by atoms with van der Waals surface area (Å²) in [6.45, 7) is 0. The molecular weight excluding hydrogens is 392 g/mol. The van der Waals surface area contributed by atoms with Crippen molar-refractivity contribution < 1.29 is 14.7 Å². The van der Waals surface area contributed by atoms with Gasteiger partial charge in [-0.25, -0.2) is 0 Å². The minimum absolute atomic E-state index is 0.180. The molecule has 3 rings (SSSR count). The molecule has 1 aliphatic carbocycles. The van der Waals surface area contributed by atoms with Gasteiger partial charge in [-0.15, -0.1) is 0 Å². The molecule has 1 saturated heterocycles. The average Bonchev–Trinajstić information content (AvgIpc) is 2.84. The number of benzene rings is 1. The highest BCUT2D eigenvalue weighted by Gasteiger charge is 2.40. The SMILES string of the molecule is O=C(O)CC1SC(=NC2CCCCC2)N(c2ccc(Br)cc2)C1=O. The lowest BCUT2D eigenvalue weighted by Gasteiger charge is -2.21. The Balaban J connectivity index is 1.90. The Kier molecular flexibility index (Phi) is 5.61. The van der Waals surface area contributed by atoms with Gasteiger partial charge in [-0.05, 0) is 37.1 Å². The minimum atomic E-state index is -0.962. The highest BCUT2D eigenvalue weighted by molar-refractivity contribution is 9.10. The maximum atomic E-state index is 12.7. The second kappa shape index (κ2) is 7.70. The van der Waals surface area contributed by atoms with E-state index in [1.165, 1.54) is 18.2 Å². The lowest BCUT2D eigenvalue weighted by molar-refractivity contribution is -0.138. The summed E-state index contributed by atoms with van der Waals surface area (Å²) in [4.78, 5) is 30.2. The summed E-state index contributed by atoms with van der Waals surface area (Å²) >= 11 is 4.67. The number of carboxylic acid groups (broad SMARTS) is 1. The van der Waals surface area contributed by atoms with Crippen LogP contribution in [0.15, 0.2) is 33.7 Å². The number of anilines is 1. The van der Waals surface area contributed by atoms with E-state index in [1.54, 1.807) is 4.90 Å². The van der Waals surface area contributed by atoms with E-state index >= 15 is 0 Å². The van der Waals surface area contributed by atoms with E-state index in [0.717, 1.165) is 35.8 Å². The second-order valence-corrected chi connectivity index (χ2v) is 8.14. The molecule has 2 aliphatic rings. The summed E-state index contributed by atoms with van der Waals surface area (Å²) in [7, 11) is 0. The van der Waals surface area contributed by atoms with Crippen LogP contribution in [0.3, 0.4) is 0 Å². The molecule has 2 fully saturated rings. The van der Waals surface area contributed by atoms with E-state index in [9.17, 15) is 9.59 Å². The number of carboxylic acids is 1. The number of thioether (sulfide) groups is 1. The van der Waals surface area contributed by atoms with Crippen molar-refractivity contribution in [3.05, 3.63) is 28.7 Å². The van der Waals surface area contributed by atoms with Gasteiger partial charge in [-0.1, -0.05) is 47.0 Å². The largest absolute Gasteiger partial charge is 0.481 e. The molecule has 5 nitrogen and oxygen atoms in total. The maximum Gasteiger partial charge on any atom is 0.305 e. The van der Waals surface area contributed by atoms with Crippen LogP contribution < -0.4 is 4.90 Å². The van der Waals surface area contributed by atoms with Gasteiger partial charge in [-0.2, -0.15) is 0 Å². The summed E-state index contributed by atoms with van der Waals surface area (Å²) in [6.07, 6.45) is 5.46. The third-order valence-electron chi connectivity index (χ3n) is 4.25. The summed E-state index contributed by atoms with van der Waals surface area (Å²) in [5.41, 5.74) is 0.734. The fourth-order valence-corrected chi connectivity index (χ4v) is 4.50. The molecule has 1 N–H and O–H groups in total. The minimum Gasteiger partial charge on any atom is -0.481 e. The van der Waals surface area contributed by atoms with E-state index in [0.29, 0.717) is 5.17 Å². The zero-order chi connectivity index (χ0) is 17.1. The Hall–Kier alpha value is -1.34. The number of carbonyl (C=O) groups is 2. The van der Waals surface area contributed by atoms with Gasteiger partial charge in [0.25, 0.3) is 0 Å². The highest BCUT2D eigenvalue weighted by Crippen LogP contribution is 2.35. The summed E-state index contributed by atoms with van der Waals surface area (Å²) in [5, 5.41) is 9.10. The molecular formula is C17H19BrN2O3S. The first-order valence-electron chi connectivity index (χ1n) is 8.10. The molecule has 7 heteroatoms. The van der Waals surface area contributed by atoms with E-state index < -0.39 is 11.2 Å². The van der Waals surface area contributed by atoms with Crippen LogP contribution in [0.2, 0.25) is 0 Å². The molecule has 0 bridgehead atoms. The van der Waals surface area contributed by atoms with Crippen molar-refractivity contribution in [1.29, 1.82) is 0 Å². The standard InChI is InChI=1S/C17H19BrN2O3S/c18-11-6-8-13(9-7-11)20-16(23)14(10-15(21)22)24-17(20)19-12-4-2-1-3-5-12/h6-9,12,14H,1-5,10H2,(H,21,22). The molecule has 1 heterocycles. The third-order valence-corrected chi connectivity index (χ3v) is 5.93. The number of aliphatic imine (C=N–C) groups is 1. The molecule has 1 aliphatic heterocycles. The molecule has 0 spiro atoms. The monoisotopic (exact) mass is 410 g/mol. The number of amidine groups is 1. The topological polar surface area (TPSA) is 70.0 Å². The first-order valence-corrected chi connectivity index (χ1v) is 9.77. The average molecular weight is 411 g/mol. The fraction of sp³-hybridized carbons (Fsp3) is 0.471. The van der Waals surface area contributed by atoms with Crippen LogP contribution >= 0.6 is 27.7 Å². The van der Waals surface area contributed by atoms with E-state index in [4.69, 9.17) is 10.1 Å². The number of hydrogen-bond acceptors (Lipinski definition) is 4. The molecule has 0 radical (unpaired) electrons. The molecule has 1 aromatic rings. The van der Waals surface area contributed by atoms with Gasteiger partial charge in [0, 0.05) is 4.47 Å². The molecule has 1 amide bonds. The van der Waals surface area contributed by atoms with Crippen molar-refractivity contribution in [1.82, 2.24) is 0 Å². The van der Waals surface area contributed by atoms with Crippen LogP contribution in [0, 0.1) is 0 Å². The molecule has 1 aromatic carbocycles. The van der Waals surface area contributed by atoms with Crippen LogP contribution in [0.4, 0.5) is 5.69 Å². The lowest BCUT2D eigenvalue weighted by atomic mass is 9.96. The van der Waals surface area contributed by atoms with Crippen LogP contribution in [-0.2, 0) is 9.59 Å². The van der Waals surface area contributed by atoms with Crippen LogP contribution in [0.5, 0.6) is 0 Å². The predicted molar refractivity (Wildman–Crippen MR) is 99.6 cm³/mol. The first-order chi connectivity index (χ1) is 11.5. The Bertz CT molecular complexity index is 656. The van der Waals surface area contributed by atoms with Gasteiger partial charge in [0.05, 0.1) is 18.2 Å². The molecule has 1 unspecified atom stereocenters. The van der Waals surface area contributed by atoms with Crippen molar-refractivity contribution in [2.45, 2.75) is 49.8 Å². The summed E-state index contributed by atoms with van der Waals surface area (Å²) in [6, 6.07) is 7.67. The van der Waals surface area contributed by atoms with Crippen molar-refractivity contribution in [2.24, 2.45) is 4.99 Å². The Morgan fingerprint density at radius 3 is 2.54 bits per heavy atom. The number of hydrogen-bond donors (Lipinski definition) is 1. The van der Waals surface area contributed by atoms with Crippen molar-refractivity contribution in [2.75, 3.05) is 4.90 Å². The number of carbonyl (C=O) groups excluding carboxylic acids is 1. The first kappa shape index (κ1) is 17.5. The smallest absolute Gasteiger partial charge is 0.305 e. The van der Waals surface area contributed by atoms with E-state index in [2.05, 4.69) is 15.9 Å². The lowest BCUT2D eigenvalue weighted by Crippen LogP contribution is -2.33. The molecule has 128 valence electrons. The van der Waals surface area contributed by atoms with Gasteiger partial charge in [0.15, 0.2) is 5.17 Å². The maximum absolute atomic E-state index is 12.7. The summed E-state index contributed by atoms with van der Waals surface area (Å²) < 4.78 is 0.929. The molecule has 0 aromatic heterocycles. The number of halogens is 1. The third kappa shape index (κ3) is 4.00. The van der Waals surface area contributed by atoms with Crippen LogP contribution in [0.25, 0.3) is 0 Å². The van der Waals surface area contributed by atoms with E-state index in [-0.39, 0.29) is 18.4 Å². The zero-order valence-corrected chi connectivity index (χ0v) is 15.6. The fourth-order valence-electron chi connectivity index (χ4n) is 3.04. The Labute approximate surface area is 153 Å². The number of aliphatic carboxylic acids is 1. The molecule has 1 atom stereocenters. The van der Waals surface area contributed by atoms with Gasteiger partial charge in [0.2, 0.25) is 5.91 Å². The normalized spacial score (nSPS) is 23.9. The van der Waals surface area contributed by atoms with Gasteiger partial charge in [-0.3, -0.25) is 19.5 Å². The second-order valence-electron chi connectivity index (χ2n) is 6.06. The van der Waals surface area contributed by atoms with Crippen LogP contribution in [0.1, 0.15) is 38.5 Å². The number of amides is 1. The van der Waals surface area contributed by atoms with E-state index in [1.807, 2.05) is 24.3 Å². The molecule has 1 saturated carbocycles.